The Hall–Kier alpha value is -4.20. The van der Waals surface area contributed by atoms with Gasteiger partial charge in [-0.3, -0.25) is 19.7 Å². The molecule has 14 heteroatoms. The van der Waals surface area contributed by atoms with Gasteiger partial charge in [-0.25, -0.2) is 9.79 Å². The summed E-state index contributed by atoms with van der Waals surface area (Å²) in [6.45, 7) is 4.25. The summed E-state index contributed by atoms with van der Waals surface area (Å²) in [5.41, 5.74) is 6.92. The molecule has 0 aromatic heterocycles. The fourth-order valence-corrected chi connectivity index (χ4v) is 3.98. The molecule has 200 valence electrons. The Morgan fingerprint density at radius 2 is 2.03 bits per heavy atom. The molecular formula is C23H31N7O7. The molecule has 2 aliphatic rings. The summed E-state index contributed by atoms with van der Waals surface area (Å²) in [5.74, 6) is -2.74. The molecule has 3 rings (SSSR count). The number of nitrogens with zero attached hydrogens (tertiary/aromatic N) is 3. The van der Waals surface area contributed by atoms with E-state index in [-0.39, 0.29) is 43.4 Å². The molecule has 1 aromatic carbocycles. The molecule has 4 unspecified atom stereocenters. The van der Waals surface area contributed by atoms with Crippen molar-refractivity contribution in [1.82, 2.24) is 15.5 Å². The highest BCUT2D eigenvalue weighted by atomic mass is 16.5. The summed E-state index contributed by atoms with van der Waals surface area (Å²) in [5, 5.41) is 27.7. The number of aliphatic imine (C=N–C) groups is 2. The van der Waals surface area contributed by atoms with E-state index in [1.807, 2.05) is 0 Å². The number of nitrogens with two attached hydrogens (primary N) is 1. The molecule has 0 spiro atoms. The predicted molar refractivity (Wildman–Crippen MR) is 133 cm³/mol. The van der Waals surface area contributed by atoms with Crippen LogP contribution in [0.2, 0.25) is 0 Å². The molecule has 7 N–H and O–H groups in total. The van der Waals surface area contributed by atoms with Crippen molar-refractivity contribution >= 4 is 41.8 Å². The molecular weight excluding hydrogens is 486 g/mol. The third kappa shape index (κ3) is 7.39. The Labute approximate surface area is 213 Å². The van der Waals surface area contributed by atoms with Crippen LogP contribution in [-0.2, 0) is 23.9 Å². The van der Waals surface area contributed by atoms with Crippen LogP contribution in [0.25, 0.3) is 0 Å². The van der Waals surface area contributed by atoms with Gasteiger partial charge in [-0.05, 0) is 44.5 Å². The summed E-state index contributed by atoms with van der Waals surface area (Å²) >= 11 is 0. The number of carboxylic acids is 2. The van der Waals surface area contributed by atoms with Gasteiger partial charge in [0, 0.05) is 36.8 Å². The number of nitrogens with one attached hydrogen (secondary N) is 3. The summed E-state index contributed by atoms with van der Waals surface area (Å²) in [6.07, 6.45) is -0.728. The lowest BCUT2D eigenvalue weighted by atomic mass is 10.0. The van der Waals surface area contributed by atoms with E-state index in [1.165, 1.54) is 4.90 Å². The van der Waals surface area contributed by atoms with Crippen LogP contribution in [0.1, 0.15) is 32.3 Å². The van der Waals surface area contributed by atoms with Gasteiger partial charge in [0.1, 0.15) is 12.2 Å². The van der Waals surface area contributed by atoms with Crippen LogP contribution in [-0.4, -0.2) is 94.7 Å². The highest BCUT2D eigenvalue weighted by Gasteiger charge is 2.42. The Morgan fingerprint density at radius 3 is 2.62 bits per heavy atom. The van der Waals surface area contributed by atoms with Gasteiger partial charge in [0.15, 0.2) is 12.0 Å². The number of anilines is 1. The number of carbonyl (C=O) groups is 4. The Kier molecular flexibility index (Phi) is 9.00. The van der Waals surface area contributed by atoms with Gasteiger partial charge < -0.3 is 36.2 Å². The maximum absolute atomic E-state index is 12.2. The lowest BCUT2D eigenvalue weighted by Crippen LogP contribution is -2.73. The van der Waals surface area contributed by atoms with Crippen LogP contribution in [0.3, 0.4) is 0 Å². The third-order valence-corrected chi connectivity index (χ3v) is 5.66. The first-order valence-electron chi connectivity index (χ1n) is 11.7. The minimum absolute atomic E-state index is 0.0111. The number of benzene rings is 1. The van der Waals surface area contributed by atoms with Gasteiger partial charge in [-0.15, -0.1) is 0 Å². The van der Waals surface area contributed by atoms with E-state index in [0.29, 0.717) is 18.5 Å². The van der Waals surface area contributed by atoms with Crippen molar-refractivity contribution in [3.05, 3.63) is 29.8 Å². The number of ether oxygens (including phenoxy) is 1. The van der Waals surface area contributed by atoms with E-state index in [4.69, 9.17) is 15.6 Å². The number of fused-ring (bicyclic) bond motifs is 1. The molecule has 37 heavy (non-hydrogen) atoms. The quantitative estimate of drug-likeness (QED) is 0.121. The molecule has 2 aliphatic heterocycles. The zero-order chi connectivity index (χ0) is 27.1. The normalized spacial score (nSPS) is 22.4. The zero-order valence-corrected chi connectivity index (χ0v) is 20.5. The Bertz CT molecular complexity index is 1070. The minimum atomic E-state index is -1.26. The van der Waals surface area contributed by atoms with Crippen molar-refractivity contribution in [3.63, 3.8) is 0 Å². The van der Waals surface area contributed by atoms with Crippen molar-refractivity contribution in [3.8, 4) is 0 Å². The van der Waals surface area contributed by atoms with Gasteiger partial charge >= 0.3 is 11.9 Å². The SMILES string of the molecule is CC(C)O/C(=N\C(CCC(=O)O)C(=O)O)c1ccc(NCC2CN(C=O)C3C(=O)N=C(N)NC3N2)cc1. The minimum Gasteiger partial charge on any atom is -0.481 e. The number of rotatable bonds is 11. The topological polar surface area (TPSA) is 208 Å². The summed E-state index contributed by atoms with van der Waals surface area (Å²) in [6, 6.07) is 4.70. The second-order valence-electron chi connectivity index (χ2n) is 8.91. The van der Waals surface area contributed by atoms with Gasteiger partial charge in [0.25, 0.3) is 5.91 Å². The van der Waals surface area contributed by atoms with Gasteiger partial charge in [-0.2, -0.15) is 4.99 Å². The van der Waals surface area contributed by atoms with E-state index in [1.54, 1.807) is 38.1 Å². The molecule has 4 atom stereocenters. The van der Waals surface area contributed by atoms with E-state index >= 15 is 0 Å². The second kappa shape index (κ2) is 12.2. The highest BCUT2D eigenvalue weighted by Crippen LogP contribution is 2.17. The average molecular weight is 518 g/mol. The lowest BCUT2D eigenvalue weighted by Gasteiger charge is -2.44. The molecule has 0 bridgehead atoms. The smallest absolute Gasteiger partial charge is 0.328 e. The maximum atomic E-state index is 12.2. The van der Waals surface area contributed by atoms with Crippen LogP contribution in [0.4, 0.5) is 5.69 Å². The zero-order valence-electron chi connectivity index (χ0n) is 20.5. The number of piperazine rings is 1. The largest absolute Gasteiger partial charge is 0.481 e. The molecule has 2 amide bonds. The van der Waals surface area contributed by atoms with Crippen LogP contribution < -0.4 is 21.7 Å². The van der Waals surface area contributed by atoms with Crippen LogP contribution in [0.5, 0.6) is 0 Å². The number of hydrogen-bond donors (Lipinski definition) is 6. The van der Waals surface area contributed by atoms with Crippen molar-refractivity contribution in [1.29, 1.82) is 0 Å². The number of hydrogen-bond acceptors (Lipinski definition) is 10. The van der Waals surface area contributed by atoms with E-state index in [9.17, 15) is 24.3 Å². The lowest BCUT2D eigenvalue weighted by molar-refractivity contribution is -0.139. The summed E-state index contributed by atoms with van der Waals surface area (Å²) in [7, 11) is 0. The monoisotopic (exact) mass is 517 g/mol. The summed E-state index contributed by atoms with van der Waals surface area (Å²) in [4.78, 5) is 55.4. The van der Waals surface area contributed by atoms with Gasteiger partial charge in [0.2, 0.25) is 12.3 Å². The van der Waals surface area contributed by atoms with Crippen molar-refractivity contribution in [2.75, 3.05) is 18.4 Å². The van der Waals surface area contributed by atoms with Crippen molar-refractivity contribution < 1.29 is 34.1 Å². The first-order chi connectivity index (χ1) is 17.6. The molecule has 0 aliphatic carbocycles. The molecule has 14 nitrogen and oxygen atoms in total. The van der Waals surface area contributed by atoms with Crippen molar-refractivity contribution in [2.45, 2.75) is 57.1 Å². The molecule has 1 fully saturated rings. The van der Waals surface area contributed by atoms with Gasteiger partial charge in [-0.1, -0.05) is 0 Å². The average Bonchev–Trinajstić information content (AvgIpc) is 2.83. The predicted octanol–water partition coefficient (Wildman–Crippen LogP) is -0.842. The number of aliphatic carboxylic acids is 2. The van der Waals surface area contributed by atoms with E-state index in [2.05, 4.69) is 25.9 Å². The molecule has 0 saturated carbocycles. The number of amides is 2. The molecule has 1 aromatic rings. The number of carbonyl (C=O) groups excluding carboxylic acids is 2. The summed E-state index contributed by atoms with van der Waals surface area (Å²) < 4.78 is 5.73. The fourth-order valence-electron chi connectivity index (χ4n) is 3.98. The number of guanidine groups is 1. The van der Waals surface area contributed by atoms with Crippen LogP contribution in [0.15, 0.2) is 34.3 Å². The standard InChI is InChI=1S/C23H31N7O7/c1-12(2)37-21(27-16(22(35)36)7-8-17(32)33)13-3-5-14(6-4-13)25-9-15-10-30(11-31)18-19(26-15)28-23(24)29-20(18)34/h3-6,11-12,15-16,18-19,25-26H,7-10H2,1-2H3,(H,32,33)(H,35,36)(H3,24,28,29,34)/b27-21-. The maximum Gasteiger partial charge on any atom is 0.328 e. The van der Waals surface area contributed by atoms with Crippen LogP contribution in [0, 0.1) is 0 Å². The second-order valence-corrected chi connectivity index (χ2v) is 8.91. The van der Waals surface area contributed by atoms with Crippen molar-refractivity contribution in [2.24, 2.45) is 15.7 Å². The van der Waals surface area contributed by atoms with Gasteiger partial charge in [0.05, 0.1) is 6.10 Å². The molecule has 2 heterocycles. The van der Waals surface area contributed by atoms with E-state index < -0.39 is 36.1 Å². The molecule has 1 saturated heterocycles. The Morgan fingerprint density at radius 1 is 1.32 bits per heavy atom. The highest BCUT2D eigenvalue weighted by molar-refractivity contribution is 5.99. The molecule has 0 radical (unpaired) electrons. The first-order valence-corrected chi connectivity index (χ1v) is 11.7. The van der Waals surface area contributed by atoms with Crippen LogP contribution >= 0.6 is 0 Å². The Balaban J connectivity index is 1.68. The number of carboxylic acid groups (broad SMARTS) is 2. The first kappa shape index (κ1) is 27.4. The van der Waals surface area contributed by atoms with E-state index in [0.717, 1.165) is 5.69 Å². The third-order valence-electron chi connectivity index (χ3n) is 5.66. The fraction of sp³-hybridized carbons (Fsp3) is 0.478.